The van der Waals surface area contributed by atoms with Gasteiger partial charge in [0.15, 0.2) is 0 Å². The number of rotatable bonds is 5. The standard InChI is InChI=1S/C10H13NO2S/c11-6-3-7-14-9-5-2-1-4-8(9)10(12)13/h1-2,4-5H,3,6-7,11H2,(H,12,13). The van der Waals surface area contributed by atoms with Crippen molar-refractivity contribution in [3.05, 3.63) is 29.8 Å². The van der Waals surface area contributed by atoms with Crippen LogP contribution >= 0.6 is 11.8 Å². The van der Waals surface area contributed by atoms with Crippen molar-refractivity contribution in [3.8, 4) is 0 Å². The predicted octanol–water partition coefficient (Wildman–Crippen LogP) is 1.83. The van der Waals surface area contributed by atoms with Crippen LogP contribution in [-0.4, -0.2) is 23.4 Å². The first-order valence-corrected chi connectivity index (χ1v) is 5.39. The summed E-state index contributed by atoms with van der Waals surface area (Å²) in [5.41, 5.74) is 5.73. The average Bonchev–Trinajstić information content (AvgIpc) is 2.19. The first-order valence-electron chi connectivity index (χ1n) is 4.41. The Morgan fingerprint density at radius 3 is 2.79 bits per heavy atom. The minimum Gasteiger partial charge on any atom is -0.478 e. The predicted molar refractivity (Wildman–Crippen MR) is 57.8 cm³/mol. The van der Waals surface area contributed by atoms with Crippen LogP contribution in [0.2, 0.25) is 0 Å². The Labute approximate surface area is 87.3 Å². The second-order valence-electron chi connectivity index (χ2n) is 2.79. The molecule has 0 heterocycles. The fourth-order valence-electron chi connectivity index (χ4n) is 1.03. The van der Waals surface area contributed by atoms with Gasteiger partial charge in [0.25, 0.3) is 0 Å². The van der Waals surface area contributed by atoms with E-state index in [1.165, 1.54) is 11.8 Å². The normalized spacial score (nSPS) is 10.1. The summed E-state index contributed by atoms with van der Waals surface area (Å²) in [6, 6.07) is 7.02. The van der Waals surface area contributed by atoms with Crippen LogP contribution in [0, 0.1) is 0 Å². The molecule has 76 valence electrons. The van der Waals surface area contributed by atoms with E-state index in [2.05, 4.69) is 0 Å². The molecule has 14 heavy (non-hydrogen) atoms. The van der Waals surface area contributed by atoms with Crippen molar-refractivity contribution in [3.63, 3.8) is 0 Å². The summed E-state index contributed by atoms with van der Waals surface area (Å²) in [4.78, 5) is 11.6. The zero-order valence-corrected chi connectivity index (χ0v) is 8.59. The Morgan fingerprint density at radius 2 is 2.14 bits per heavy atom. The number of aromatic carboxylic acids is 1. The zero-order chi connectivity index (χ0) is 10.4. The van der Waals surface area contributed by atoms with E-state index in [1.54, 1.807) is 12.1 Å². The van der Waals surface area contributed by atoms with Gasteiger partial charge in [-0.25, -0.2) is 4.79 Å². The number of thioether (sulfide) groups is 1. The maximum absolute atomic E-state index is 10.8. The summed E-state index contributed by atoms with van der Waals surface area (Å²) in [5.74, 6) is -0.0123. The molecule has 0 aliphatic heterocycles. The summed E-state index contributed by atoms with van der Waals surface area (Å²) in [6.07, 6.45) is 0.901. The zero-order valence-electron chi connectivity index (χ0n) is 7.77. The Balaban J connectivity index is 2.69. The summed E-state index contributed by atoms with van der Waals surface area (Å²) < 4.78 is 0. The number of hydrogen-bond donors (Lipinski definition) is 2. The second kappa shape index (κ2) is 5.67. The fraction of sp³-hybridized carbons (Fsp3) is 0.300. The molecule has 4 heteroatoms. The maximum Gasteiger partial charge on any atom is 0.336 e. The topological polar surface area (TPSA) is 63.3 Å². The lowest BCUT2D eigenvalue weighted by atomic mass is 10.2. The van der Waals surface area contributed by atoms with Gasteiger partial charge in [0.2, 0.25) is 0 Å². The van der Waals surface area contributed by atoms with Gasteiger partial charge in [-0.05, 0) is 30.9 Å². The van der Waals surface area contributed by atoms with Gasteiger partial charge in [0.05, 0.1) is 5.56 Å². The van der Waals surface area contributed by atoms with Crippen LogP contribution in [0.4, 0.5) is 0 Å². The minimum atomic E-state index is -0.874. The van der Waals surface area contributed by atoms with E-state index in [9.17, 15) is 4.79 Å². The van der Waals surface area contributed by atoms with Crippen LogP contribution in [0.3, 0.4) is 0 Å². The monoisotopic (exact) mass is 211 g/mol. The molecule has 1 aromatic rings. The Bertz CT molecular complexity index is 315. The van der Waals surface area contributed by atoms with Crippen molar-refractivity contribution in [1.82, 2.24) is 0 Å². The summed E-state index contributed by atoms with van der Waals surface area (Å²) >= 11 is 1.54. The van der Waals surface area contributed by atoms with Crippen LogP contribution in [0.15, 0.2) is 29.2 Å². The van der Waals surface area contributed by atoms with E-state index in [1.807, 2.05) is 12.1 Å². The highest BCUT2D eigenvalue weighted by atomic mass is 32.2. The number of nitrogens with two attached hydrogens (primary N) is 1. The highest BCUT2D eigenvalue weighted by molar-refractivity contribution is 7.99. The van der Waals surface area contributed by atoms with Gasteiger partial charge < -0.3 is 10.8 Å². The van der Waals surface area contributed by atoms with Crippen molar-refractivity contribution in [1.29, 1.82) is 0 Å². The molecular formula is C10H13NO2S. The van der Waals surface area contributed by atoms with Crippen LogP contribution < -0.4 is 5.73 Å². The molecule has 0 aromatic heterocycles. The Kier molecular flexibility index (Phi) is 4.49. The number of carboxylic acid groups (broad SMARTS) is 1. The van der Waals surface area contributed by atoms with Gasteiger partial charge in [0.1, 0.15) is 0 Å². The van der Waals surface area contributed by atoms with E-state index in [-0.39, 0.29) is 0 Å². The van der Waals surface area contributed by atoms with E-state index >= 15 is 0 Å². The van der Waals surface area contributed by atoms with E-state index in [0.29, 0.717) is 12.1 Å². The smallest absolute Gasteiger partial charge is 0.336 e. The van der Waals surface area contributed by atoms with Gasteiger partial charge in [-0.1, -0.05) is 12.1 Å². The van der Waals surface area contributed by atoms with E-state index in [4.69, 9.17) is 10.8 Å². The molecule has 0 unspecified atom stereocenters. The third-order valence-electron chi connectivity index (χ3n) is 1.72. The van der Waals surface area contributed by atoms with Crippen LogP contribution in [0.25, 0.3) is 0 Å². The number of hydrogen-bond acceptors (Lipinski definition) is 3. The third kappa shape index (κ3) is 3.05. The van der Waals surface area contributed by atoms with Crippen molar-refractivity contribution < 1.29 is 9.90 Å². The lowest BCUT2D eigenvalue weighted by Crippen LogP contribution is -2.01. The van der Waals surface area contributed by atoms with Crippen molar-refractivity contribution in [2.45, 2.75) is 11.3 Å². The molecule has 0 atom stereocenters. The third-order valence-corrected chi connectivity index (χ3v) is 2.88. The molecule has 0 saturated carbocycles. The highest BCUT2D eigenvalue weighted by Gasteiger charge is 2.08. The molecule has 1 aromatic carbocycles. The van der Waals surface area contributed by atoms with Crippen LogP contribution in [0.5, 0.6) is 0 Å². The molecule has 0 saturated heterocycles. The fourth-order valence-corrected chi connectivity index (χ4v) is 2.05. The second-order valence-corrected chi connectivity index (χ2v) is 3.93. The molecule has 3 nitrogen and oxygen atoms in total. The van der Waals surface area contributed by atoms with Gasteiger partial charge in [-0.2, -0.15) is 0 Å². The molecule has 0 spiro atoms. The average molecular weight is 211 g/mol. The quantitative estimate of drug-likeness (QED) is 0.576. The van der Waals surface area contributed by atoms with Gasteiger partial charge in [-0.15, -0.1) is 11.8 Å². The molecule has 3 N–H and O–H groups in total. The first kappa shape index (κ1) is 11.1. The lowest BCUT2D eigenvalue weighted by molar-refractivity contribution is 0.0693. The van der Waals surface area contributed by atoms with Crippen molar-refractivity contribution >= 4 is 17.7 Å². The van der Waals surface area contributed by atoms with Gasteiger partial charge in [-0.3, -0.25) is 0 Å². The molecule has 0 radical (unpaired) electrons. The summed E-state index contributed by atoms with van der Waals surface area (Å²) in [7, 11) is 0. The first-order chi connectivity index (χ1) is 6.75. The summed E-state index contributed by atoms with van der Waals surface area (Å²) in [6.45, 7) is 0.641. The van der Waals surface area contributed by atoms with Gasteiger partial charge in [0, 0.05) is 4.90 Å². The Hall–Kier alpha value is -1.00. The minimum absolute atomic E-state index is 0.370. The maximum atomic E-state index is 10.8. The molecule has 0 aliphatic carbocycles. The lowest BCUT2D eigenvalue weighted by Gasteiger charge is -2.04. The van der Waals surface area contributed by atoms with Gasteiger partial charge >= 0.3 is 5.97 Å². The SMILES string of the molecule is NCCCSc1ccccc1C(=O)O. The molecule has 0 fully saturated rings. The highest BCUT2D eigenvalue weighted by Crippen LogP contribution is 2.22. The van der Waals surface area contributed by atoms with Crippen molar-refractivity contribution in [2.24, 2.45) is 5.73 Å². The largest absolute Gasteiger partial charge is 0.478 e. The van der Waals surface area contributed by atoms with Crippen LogP contribution in [-0.2, 0) is 0 Å². The number of carbonyl (C=O) groups is 1. The van der Waals surface area contributed by atoms with Crippen LogP contribution in [0.1, 0.15) is 16.8 Å². The molecular weight excluding hydrogens is 198 g/mol. The molecule has 0 bridgehead atoms. The molecule has 0 amide bonds. The molecule has 0 aliphatic rings. The Morgan fingerprint density at radius 1 is 1.43 bits per heavy atom. The number of carboxylic acids is 1. The van der Waals surface area contributed by atoms with E-state index in [0.717, 1.165) is 17.1 Å². The van der Waals surface area contributed by atoms with E-state index < -0.39 is 5.97 Å². The summed E-state index contributed by atoms with van der Waals surface area (Å²) in [5, 5.41) is 8.88. The molecule has 1 rings (SSSR count). The van der Waals surface area contributed by atoms with Crippen molar-refractivity contribution in [2.75, 3.05) is 12.3 Å². The number of benzene rings is 1.